The summed E-state index contributed by atoms with van der Waals surface area (Å²) in [7, 11) is 0. The van der Waals surface area contributed by atoms with Crippen molar-refractivity contribution in [1.29, 1.82) is 0 Å². The van der Waals surface area contributed by atoms with E-state index in [1.807, 2.05) is 25.5 Å². The first-order valence-electron chi connectivity index (χ1n) is 7.28. The number of likely N-dealkylation sites (tertiary alicyclic amines) is 1. The average molecular weight is 291 g/mol. The third-order valence-corrected chi connectivity index (χ3v) is 4.17. The maximum Gasteiger partial charge on any atom is 0.410 e. The Morgan fingerprint density at radius 2 is 2.10 bits per heavy atom. The van der Waals surface area contributed by atoms with Gasteiger partial charge >= 0.3 is 6.09 Å². The number of carbonyl (C=O) groups excluding carboxylic acids is 2. The van der Waals surface area contributed by atoms with Gasteiger partial charge in [-0.25, -0.2) is 4.79 Å². The first kappa shape index (κ1) is 14.1. The fourth-order valence-electron chi connectivity index (χ4n) is 3.22. The van der Waals surface area contributed by atoms with E-state index in [4.69, 9.17) is 4.74 Å². The molecule has 0 bridgehead atoms. The summed E-state index contributed by atoms with van der Waals surface area (Å²) in [5.74, 6) is 0. The van der Waals surface area contributed by atoms with Crippen molar-refractivity contribution in [2.24, 2.45) is 5.41 Å². The lowest BCUT2D eigenvalue weighted by Gasteiger charge is -2.58. The zero-order chi connectivity index (χ0) is 15.3. The Morgan fingerprint density at radius 3 is 2.62 bits per heavy atom. The monoisotopic (exact) mass is 291 g/mol. The van der Waals surface area contributed by atoms with Crippen LogP contribution in [0.25, 0.3) is 0 Å². The first-order valence-corrected chi connectivity index (χ1v) is 7.28. The van der Waals surface area contributed by atoms with Crippen LogP contribution in [0, 0.1) is 5.41 Å². The molecule has 6 heteroatoms. The van der Waals surface area contributed by atoms with E-state index in [2.05, 4.69) is 5.10 Å². The summed E-state index contributed by atoms with van der Waals surface area (Å²) in [5.41, 5.74) is 0.400. The highest BCUT2D eigenvalue weighted by Gasteiger charge is 2.55. The van der Waals surface area contributed by atoms with Crippen molar-refractivity contribution in [2.45, 2.75) is 45.3 Å². The highest BCUT2D eigenvalue weighted by atomic mass is 16.6. The van der Waals surface area contributed by atoms with E-state index in [0.29, 0.717) is 11.6 Å². The van der Waals surface area contributed by atoms with E-state index in [0.717, 1.165) is 32.2 Å². The molecule has 3 rings (SSSR count). The molecule has 114 valence electrons. The predicted molar refractivity (Wildman–Crippen MR) is 76.1 cm³/mol. The number of carbonyl (C=O) groups is 2. The van der Waals surface area contributed by atoms with Crippen LogP contribution in [-0.2, 0) is 4.74 Å². The topological polar surface area (TPSA) is 64.4 Å². The SMILES string of the molecule is CC(C)(C)OC(=O)N1CC2(CC(n3cc(C=O)cn3)C2)C1. The van der Waals surface area contributed by atoms with Crippen LogP contribution in [0.3, 0.4) is 0 Å². The molecule has 0 N–H and O–H groups in total. The van der Waals surface area contributed by atoms with Crippen LogP contribution >= 0.6 is 0 Å². The molecule has 1 saturated heterocycles. The van der Waals surface area contributed by atoms with Crippen LogP contribution in [-0.4, -0.2) is 45.8 Å². The first-order chi connectivity index (χ1) is 9.80. The highest BCUT2D eigenvalue weighted by Crippen LogP contribution is 2.54. The summed E-state index contributed by atoms with van der Waals surface area (Å²) in [6.45, 7) is 7.16. The van der Waals surface area contributed by atoms with Crippen molar-refractivity contribution in [3.05, 3.63) is 18.0 Å². The second-order valence-electron chi connectivity index (χ2n) is 7.27. The minimum atomic E-state index is -0.442. The Balaban J connectivity index is 1.49. The fraction of sp³-hybridized carbons (Fsp3) is 0.667. The van der Waals surface area contributed by atoms with Gasteiger partial charge in [0.15, 0.2) is 6.29 Å². The van der Waals surface area contributed by atoms with Gasteiger partial charge in [0.2, 0.25) is 0 Å². The molecule has 0 atom stereocenters. The minimum Gasteiger partial charge on any atom is -0.444 e. The largest absolute Gasteiger partial charge is 0.444 e. The van der Waals surface area contributed by atoms with Gasteiger partial charge in [-0.05, 0) is 33.6 Å². The summed E-state index contributed by atoms with van der Waals surface area (Å²) in [5, 5.41) is 4.22. The summed E-state index contributed by atoms with van der Waals surface area (Å²) >= 11 is 0. The van der Waals surface area contributed by atoms with E-state index in [1.54, 1.807) is 17.3 Å². The Bertz CT molecular complexity index is 559. The van der Waals surface area contributed by atoms with Crippen molar-refractivity contribution < 1.29 is 14.3 Å². The lowest BCUT2D eigenvalue weighted by Crippen LogP contribution is -2.64. The van der Waals surface area contributed by atoms with Gasteiger partial charge in [0.1, 0.15) is 5.60 Å². The molecule has 21 heavy (non-hydrogen) atoms. The molecule has 0 radical (unpaired) electrons. The quantitative estimate of drug-likeness (QED) is 0.784. The van der Waals surface area contributed by atoms with E-state index in [1.165, 1.54) is 0 Å². The summed E-state index contributed by atoms with van der Waals surface area (Å²) in [6.07, 6.45) is 5.98. The van der Waals surface area contributed by atoms with Gasteiger partial charge in [-0.2, -0.15) is 5.10 Å². The third-order valence-electron chi connectivity index (χ3n) is 4.17. The molecule has 2 aliphatic rings. The van der Waals surface area contributed by atoms with Crippen LogP contribution < -0.4 is 0 Å². The Morgan fingerprint density at radius 1 is 1.43 bits per heavy atom. The predicted octanol–water partition coefficient (Wildman–Crippen LogP) is 2.27. The minimum absolute atomic E-state index is 0.223. The van der Waals surface area contributed by atoms with Gasteiger partial charge in [0.05, 0.1) is 17.8 Å². The summed E-state index contributed by atoms with van der Waals surface area (Å²) in [6, 6.07) is 0.347. The van der Waals surface area contributed by atoms with Crippen LogP contribution in [0.4, 0.5) is 4.79 Å². The van der Waals surface area contributed by atoms with E-state index < -0.39 is 5.60 Å². The van der Waals surface area contributed by atoms with Crippen LogP contribution in [0.15, 0.2) is 12.4 Å². The van der Waals surface area contributed by atoms with Crippen LogP contribution in [0.5, 0.6) is 0 Å². The van der Waals surface area contributed by atoms with Gasteiger partial charge in [-0.15, -0.1) is 0 Å². The molecule has 1 aromatic rings. The van der Waals surface area contributed by atoms with Crippen molar-refractivity contribution in [2.75, 3.05) is 13.1 Å². The Hall–Kier alpha value is -1.85. The van der Waals surface area contributed by atoms with Crippen molar-refractivity contribution in [3.63, 3.8) is 0 Å². The number of aromatic nitrogens is 2. The second-order valence-corrected chi connectivity index (χ2v) is 7.27. The molecule has 2 heterocycles. The van der Waals surface area contributed by atoms with Gasteiger partial charge in [-0.1, -0.05) is 0 Å². The normalized spacial score (nSPS) is 20.8. The van der Waals surface area contributed by atoms with Crippen LogP contribution in [0.1, 0.15) is 50.0 Å². The van der Waals surface area contributed by atoms with E-state index in [-0.39, 0.29) is 11.5 Å². The van der Waals surface area contributed by atoms with E-state index >= 15 is 0 Å². The standard InChI is InChI=1S/C15H21N3O3/c1-14(2,3)21-13(20)17-9-15(10-17)4-12(5-15)18-7-11(8-19)6-16-18/h6-8,12H,4-5,9-10H2,1-3H3. The summed E-state index contributed by atoms with van der Waals surface area (Å²) < 4.78 is 7.23. The molecule has 6 nitrogen and oxygen atoms in total. The number of amides is 1. The average Bonchev–Trinajstić information content (AvgIpc) is 2.71. The van der Waals surface area contributed by atoms with Crippen molar-refractivity contribution in [1.82, 2.24) is 14.7 Å². The van der Waals surface area contributed by atoms with Gasteiger partial charge < -0.3 is 9.64 Å². The molecule has 2 fully saturated rings. The molecule has 0 unspecified atom stereocenters. The molecule has 1 saturated carbocycles. The number of aldehydes is 1. The number of rotatable bonds is 2. The van der Waals surface area contributed by atoms with Gasteiger partial charge in [-0.3, -0.25) is 9.48 Å². The molecule has 1 aliphatic heterocycles. The number of ether oxygens (including phenoxy) is 1. The molecular formula is C15H21N3O3. The molecule has 1 aliphatic carbocycles. The lowest BCUT2D eigenvalue weighted by atomic mass is 9.61. The lowest BCUT2D eigenvalue weighted by molar-refractivity contribution is -0.0927. The van der Waals surface area contributed by atoms with Gasteiger partial charge in [0, 0.05) is 24.7 Å². The molecule has 1 aromatic heterocycles. The third kappa shape index (κ3) is 2.66. The smallest absolute Gasteiger partial charge is 0.410 e. The maximum absolute atomic E-state index is 11.9. The summed E-state index contributed by atoms with van der Waals surface area (Å²) in [4.78, 5) is 24.3. The van der Waals surface area contributed by atoms with Crippen LogP contribution in [0.2, 0.25) is 0 Å². The molecule has 1 spiro atoms. The number of hydrogen-bond acceptors (Lipinski definition) is 4. The molecule has 0 aromatic carbocycles. The van der Waals surface area contributed by atoms with Crippen molar-refractivity contribution >= 4 is 12.4 Å². The number of nitrogens with zero attached hydrogens (tertiary/aromatic N) is 3. The van der Waals surface area contributed by atoms with Crippen molar-refractivity contribution in [3.8, 4) is 0 Å². The van der Waals surface area contributed by atoms with Gasteiger partial charge in [0.25, 0.3) is 0 Å². The second kappa shape index (κ2) is 4.58. The molecule has 1 amide bonds. The molecular weight excluding hydrogens is 270 g/mol. The highest BCUT2D eigenvalue weighted by molar-refractivity contribution is 5.73. The fourth-order valence-corrected chi connectivity index (χ4v) is 3.22. The number of hydrogen-bond donors (Lipinski definition) is 0. The Labute approximate surface area is 124 Å². The zero-order valence-corrected chi connectivity index (χ0v) is 12.7. The van der Waals surface area contributed by atoms with E-state index in [9.17, 15) is 9.59 Å². The zero-order valence-electron chi connectivity index (χ0n) is 12.7. The maximum atomic E-state index is 11.9. The Kier molecular flexibility index (Phi) is 3.07.